The van der Waals surface area contributed by atoms with Crippen molar-refractivity contribution in [2.75, 3.05) is 12.3 Å². The molecule has 1 aromatic heterocycles. The molecule has 3 unspecified atom stereocenters. The number of benzene rings is 1. The molecule has 4 nitrogen and oxygen atoms in total. The van der Waals surface area contributed by atoms with Gasteiger partial charge in [0, 0.05) is 35.5 Å². The molecule has 3 rings (SSSR count). The van der Waals surface area contributed by atoms with E-state index in [4.69, 9.17) is 0 Å². The first-order valence-corrected chi connectivity index (χ1v) is 8.68. The highest BCUT2D eigenvalue weighted by atomic mass is 32.2. The number of hydrogen-bond donors (Lipinski definition) is 1. The van der Waals surface area contributed by atoms with Crippen LogP contribution >= 0.6 is 0 Å². The summed E-state index contributed by atoms with van der Waals surface area (Å²) in [6.07, 6.45) is 4.43. The Morgan fingerprint density at radius 3 is 2.77 bits per heavy atom. The Kier molecular flexibility index (Phi) is 4.63. The third kappa shape index (κ3) is 3.60. The maximum atomic E-state index is 12.1. The molecule has 114 valence electrons. The second-order valence-corrected chi connectivity index (χ2v) is 6.96. The number of carbonyl (C=O) groups excluding carboxylic acids is 1. The summed E-state index contributed by atoms with van der Waals surface area (Å²) in [6.45, 7) is 0.441. The number of hydrogen-bond acceptors (Lipinski definition) is 3. The van der Waals surface area contributed by atoms with E-state index in [2.05, 4.69) is 10.3 Å². The summed E-state index contributed by atoms with van der Waals surface area (Å²) < 4.78 is 12.0. The van der Waals surface area contributed by atoms with Crippen LogP contribution in [0.5, 0.6) is 0 Å². The van der Waals surface area contributed by atoms with E-state index >= 15 is 0 Å². The molecule has 0 radical (unpaired) electrons. The first-order chi connectivity index (χ1) is 10.8. The van der Waals surface area contributed by atoms with Gasteiger partial charge in [-0.25, -0.2) is 0 Å². The van der Waals surface area contributed by atoms with Gasteiger partial charge >= 0.3 is 0 Å². The van der Waals surface area contributed by atoms with Gasteiger partial charge in [0.15, 0.2) is 0 Å². The highest BCUT2D eigenvalue weighted by Crippen LogP contribution is 2.47. The molecule has 1 saturated carbocycles. The molecular formula is C17H18N2O2S. The lowest BCUT2D eigenvalue weighted by molar-refractivity contribution is -0.122. The monoisotopic (exact) mass is 314 g/mol. The third-order valence-electron chi connectivity index (χ3n) is 3.83. The Balaban J connectivity index is 1.43. The van der Waals surface area contributed by atoms with Crippen molar-refractivity contribution in [3.05, 3.63) is 60.4 Å². The third-order valence-corrected chi connectivity index (χ3v) is 5.21. The van der Waals surface area contributed by atoms with E-state index < -0.39 is 10.8 Å². The van der Waals surface area contributed by atoms with Crippen molar-refractivity contribution in [2.45, 2.75) is 17.2 Å². The van der Waals surface area contributed by atoms with Crippen LogP contribution in [0.1, 0.15) is 17.9 Å². The standard InChI is InChI=1S/C17H18N2O2S/c20-17(16-11-15(16)13-5-4-8-18-12-13)19-9-10-22(21)14-6-2-1-3-7-14/h1-8,12,15-16H,9-11H2,(H,19,20). The SMILES string of the molecule is O=C(NCCS(=O)c1ccccc1)C1CC1c1cccnc1. The smallest absolute Gasteiger partial charge is 0.223 e. The molecule has 1 aromatic carbocycles. The minimum Gasteiger partial charge on any atom is -0.355 e. The van der Waals surface area contributed by atoms with E-state index in [1.807, 2.05) is 48.7 Å². The van der Waals surface area contributed by atoms with Crippen LogP contribution in [0, 0.1) is 5.92 Å². The first kappa shape index (κ1) is 14.9. The average Bonchev–Trinajstić information content (AvgIpc) is 3.37. The maximum Gasteiger partial charge on any atom is 0.223 e. The van der Waals surface area contributed by atoms with Gasteiger partial charge in [-0.1, -0.05) is 24.3 Å². The zero-order valence-electron chi connectivity index (χ0n) is 12.1. The minimum atomic E-state index is -1.06. The van der Waals surface area contributed by atoms with Crippen molar-refractivity contribution in [3.8, 4) is 0 Å². The topological polar surface area (TPSA) is 59.1 Å². The number of aromatic nitrogens is 1. The maximum absolute atomic E-state index is 12.1. The second kappa shape index (κ2) is 6.83. The fourth-order valence-corrected chi connectivity index (χ4v) is 3.52. The van der Waals surface area contributed by atoms with E-state index in [-0.39, 0.29) is 17.7 Å². The molecule has 5 heteroatoms. The predicted molar refractivity (Wildman–Crippen MR) is 85.8 cm³/mol. The molecule has 1 aliphatic carbocycles. The van der Waals surface area contributed by atoms with Crippen LogP contribution in [-0.2, 0) is 15.6 Å². The van der Waals surface area contributed by atoms with Crippen LogP contribution in [0.2, 0.25) is 0 Å². The van der Waals surface area contributed by atoms with Crippen molar-refractivity contribution >= 4 is 16.7 Å². The summed E-state index contributed by atoms with van der Waals surface area (Å²) in [4.78, 5) is 17.0. The van der Waals surface area contributed by atoms with Gasteiger partial charge in [0.05, 0.1) is 10.8 Å². The van der Waals surface area contributed by atoms with Crippen LogP contribution in [-0.4, -0.2) is 27.4 Å². The van der Waals surface area contributed by atoms with Gasteiger partial charge in [0.25, 0.3) is 0 Å². The summed E-state index contributed by atoms with van der Waals surface area (Å²) in [7, 11) is -1.06. The molecular weight excluding hydrogens is 296 g/mol. The lowest BCUT2D eigenvalue weighted by Crippen LogP contribution is -2.29. The Morgan fingerprint density at radius 2 is 2.05 bits per heavy atom. The molecule has 2 aromatic rings. The van der Waals surface area contributed by atoms with Crippen LogP contribution in [0.3, 0.4) is 0 Å². The van der Waals surface area contributed by atoms with Gasteiger partial charge in [-0.05, 0) is 36.1 Å². The van der Waals surface area contributed by atoms with Crippen molar-refractivity contribution in [1.82, 2.24) is 10.3 Å². The van der Waals surface area contributed by atoms with Gasteiger partial charge < -0.3 is 5.32 Å². The molecule has 0 bridgehead atoms. The Morgan fingerprint density at radius 1 is 1.23 bits per heavy atom. The largest absolute Gasteiger partial charge is 0.355 e. The Labute approximate surface area is 132 Å². The minimum absolute atomic E-state index is 0.0364. The highest BCUT2D eigenvalue weighted by molar-refractivity contribution is 7.85. The molecule has 1 heterocycles. The molecule has 22 heavy (non-hydrogen) atoms. The molecule has 0 saturated heterocycles. The highest BCUT2D eigenvalue weighted by Gasteiger charge is 2.43. The van der Waals surface area contributed by atoms with Crippen molar-refractivity contribution in [3.63, 3.8) is 0 Å². The molecule has 1 N–H and O–H groups in total. The number of carbonyl (C=O) groups is 1. The number of rotatable bonds is 6. The summed E-state index contributed by atoms with van der Waals surface area (Å²) >= 11 is 0. The van der Waals surface area contributed by atoms with Crippen LogP contribution in [0.4, 0.5) is 0 Å². The van der Waals surface area contributed by atoms with Crippen molar-refractivity contribution in [1.29, 1.82) is 0 Å². The quantitative estimate of drug-likeness (QED) is 0.888. The number of pyridine rings is 1. The normalized spacial score (nSPS) is 21.1. The molecule has 0 aliphatic heterocycles. The number of nitrogens with one attached hydrogen (secondary N) is 1. The molecule has 3 atom stereocenters. The average molecular weight is 314 g/mol. The first-order valence-electron chi connectivity index (χ1n) is 7.37. The van der Waals surface area contributed by atoms with Crippen molar-refractivity contribution < 1.29 is 9.00 Å². The number of nitrogens with zero attached hydrogens (tertiary/aromatic N) is 1. The predicted octanol–water partition coefficient (Wildman–Crippen LogP) is 2.11. The fraction of sp³-hybridized carbons (Fsp3) is 0.294. The number of amides is 1. The van der Waals surface area contributed by atoms with Gasteiger partial charge in [-0.3, -0.25) is 14.0 Å². The van der Waals surface area contributed by atoms with E-state index in [1.165, 1.54) is 0 Å². The molecule has 1 fully saturated rings. The van der Waals surface area contributed by atoms with E-state index in [0.717, 1.165) is 16.9 Å². The Bertz CT molecular complexity index is 661. The van der Waals surface area contributed by atoms with Crippen LogP contribution in [0.15, 0.2) is 59.8 Å². The van der Waals surface area contributed by atoms with E-state index in [0.29, 0.717) is 12.3 Å². The molecule has 1 aliphatic rings. The molecule has 1 amide bonds. The zero-order valence-corrected chi connectivity index (χ0v) is 13.0. The lowest BCUT2D eigenvalue weighted by Gasteiger charge is -2.05. The van der Waals surface area contributed by atoms with Gasteiger partial charge in [-0.2, -0.15) is 0 Å². The van der Waals surface area contributed by atoms with Crippen LogP contribution < -0.4 is 5.32 Å². The molecule has 0 spiro atoms. The summed E-state index contributed by atoms with van der Waals surface area (Å²) in [5.41, 5.74) is 1.12. The Hall–Kier alpha value is -2.01. The van der Waals surface area contributed by atoms with E-state index in [9.17, 15) is 9.00 Å². The summed E-state index contributed by atoms with van der Waals surface area (Å²) in [6, 6.07) is 13.2. The zero-order chi connectivity index (χ0) is 15.4. The lowest BCUT2D eigenvalue weighted by atomic mass is 10.1. The summed E-state index contributed by atoms with van der Waals surface area (Å²) in [5.74, 6) is 0.821. The van der Waals surface area contributed by atoms with Gasteiger partial charge in [-0.15, -0.1) is 0 Å². The van der Waals surface area contributed by atoms with Gasteiger partial charge in [0.1, 0.15) is 0 Å². The van der Waals surface area contributed by atoms with E-state index in [1.54, 1.807) is 6.20 Å². The second-order valence-electron chi connectivity index (χ2n) is 5.39. The van der Waals surface area contributed by atoms with Crippen LogP contribution in [0.25, 0.3) is 0 Å². The van der Waals surface area contributed by atoms with Gasteiger partial charge in [0.2, 0.25) is 5.91 Å². The summed E-state index contributed by atoms with van der Waals surface area (Å²) in [5, 5.41) is 2.89. The fourth-order valence-electron chi connectivity index (χ4n) is 2.54. The van der Waals surface area contributed by atoms with Crippen molar-refractivity contribution in [2.24, 2.45) is 5.92 Å².